The number of ether oxygens (including phenoxy) is 1. The normalized spacial score (nSPS) is 14.5. The largest absolute Gasteiger partial charge is 0.462 e. The summed E-state index contributed by atoms with van der Waals surface area (Å²) in [6.45, 7) is 6.60. The molecule has 0 saturated carbocycles. The monoisotopic (exact) mass is 344 g/mol. The minimum Gasteiger partial charge on any atom is -0.462 e. The average molecular weight is 345 g/mol. The molecule has 2 aromatic carbocycles. The smallest absolute Gasteiger partial charge is 0.338 e. The van der Waals surface area contributed by atoms with Crippen molar-refractivity contribution >= 4 is 21.9 Å². The predicted molar refractivity (Wildman–Crippen MR) is 87.7 cm³/mol. The molecular weight excluding hydrogens is 328 g/mol. The van der Waals surface area contributed by atoms with Gasteiger partial charge < -0.3 is 4.74 Å². The Labute approximate surface area is 133 Å². The van der Waals surface area contributed by atoms with E-state index in [1.165, 1.54) is 22.3 Å². The van der Waals surface area contributed by atoms with Crippen LogP contribution in [-0.2, 0) is 10.2 Å². The van der Waals surface area contributed by atoms with Crippen molar-refractivity contribution in [3.05, 3.63) is 57.6 Å². The molecule has 1 aliphatic rings. The molecule has 108 valence electrons. The number of carbonyl (C=O) groups excluding carboxylic acids is 1. The van der Waals surface area contributed by atoms with E-state index in [0.717, 1.165) is 4.47 Å². The number of halogens is 1. The second-order valence-corrected chi connectivity index (χ2v) is 6.71. The summed E-state index contributed by atoms with van der Waals surface area (Å²) >= 11 is 3.55. The summed E-state index contributed by atoms with van der Waals surface area (Å²) in [6, 6.07) is 12.2. The van der Waals surface area contributed by atoms with E-state index in [4.69, 9.17) is 4.74 Å². The van der Waals surface area contributed by atoms with Crippen molar-refractivity contribution in [1.29, 1.82) is 0 Å². The highest BCUT2D eigenvalue weighted by molar-refractivity contribution is 9.10. The number of hydrogen-bond donors (Lipinski definition) is 0. The summed E-state index contributed by atoms with van der Waals surface area (Å²) in [5, 5.41) is 0. The molecule has 21 heavy (non-hydrogen) atoms. The van der Waals surface area contributed by atoms with Gasteiger partial charge in [-0.25, -0.2) is 4.79 Å². The fourth-order valence-corrected chi connectivity index (χ4v) is 3.41. The van der Waals surface area contributed by atoms with Gasteiger partial charge in [-0.1, -0.05) is 41.9 Å². The number of carbonyl (C=O) groups is 1. The Kier molecular flexibility index (Phi) is 3.40. The number of benzene rings is 2. The van der Waals surface area contributed by atoms with E-state index in [9.17, 15) is 4.79 Å². The first-order chi connectivity index (χ1) is 9.95. The van der Waals surface area contributed by atoms with Crippen LogP contribution in [0.1, 0.15) is 42.3 Å². The molecule has 0 saturated heterocycles. The van der Waals surface area contributed by atoms with Gasteiger partial charge in [0.1, 0.15) is 0 Å². The quantitative estimate of drug-likeness (QED) is 0.721. The Morgan fingerprint density at radius 3 is 2.38 bits per heavy atom. The highest BCUT2D eigenvalue weighted by Gasteiger charge is 2.36. The first kappa shape index (κ1) is 14.3. The van der Waals surface area contributed by atoms with Gasteiger partial charge in [-0.2, -0.15) is 0 Å². The van der Waals surface area contributed by atoms with Gasteiger partial charge in [0.05, 0.1) is 12.2 Å². The Bertz CT molecular complexity index is 732. The fraction of sp³-hybridized carbons (Fsp3) is 0.278. The molecule has 2 aromatic rings. The molecule has 0 unspecified atom stereocenters. The summed E-state index contributed by atoms with van der Waals surface area (Å²) in [6.07, 6.45) is 0. The zero-order valence-corrected chi connectivity index (χ0v) is 14.0. The molecule has 0 aromatic heterocycles. The maximum atomic E-state index is 12.0. The van der Waals surface area contributed by atoms with Crippen molar-refractivity contribution in [2.75, 3.05) is 6.61 Å². The molecule has 1 aliphatic carbocycles. The van der Waals surface area contributed by atoms with Crippen LogP contribution in [0.15, 0.2) is 40.9 Å². The molecule has 2 nitrogen and oxygen atoms in total. The second-order valence-electron chi connectivity index (χ2n) is 5.80. The third-order valence-corrected chi connectivity index (χ3v) is 4.64. The molecular formula is C18H17BrO2. The zero-order chi connectivity index (χ0) is 15.2. The van der Waals surface area contributed by atoms with Crippen molar-refractivity contribution < 1.29 is 9.53 Å². The van der Waals surface area contributed by atoms with Gasteiger partial charge in [0.2, 0.25) is 0 Å². The highest BCUT2D eigenvalue weighted by atomic mass is 79.9. The lowest BCUT2D eigenvalue weighted by Gasteiger charge is -2.22. The maximum Gasteiger partial charge on any atom is 0.338 e. The third kappa shape index (κ3) is 2.20. The SMILES string of the molecule is CCOC(=O)c1ccc2c(c1)C(C)(C)c1cc(Br)ccc1-2. The van der Waals surface area contributed by atoms with Gasteiger partial charge >= 0.3 is 5.97 Å². The first-order valence-electron chi connectivity index (χ1n) is 7.07. The van der Waals surface area contributed by atoms with E-state index < -0.39 is 0 Å². The van der Waals surface area contributed by atoms with Crippen LogP contribution in [0.2, 0.25) is 0 Å². The molecule has 0 bridgehead atoms. The molecule has 3 heteroatoms. The van der Waals surface area contributed by atoms with Crippen LogP contribution in [0, 0.1) is 0 Å². The van der Waals surface area contributed by atoms with E-state index in [1.807, 2.05) is 25.1 Å². The lowest BCUT2D eigenvalue weighted by molar-refractivity contribution is 0.0526. The van der Waals surface area contributed by atoms with Gasteiger partial charge in [0.25, 0.3) is 0 Å². The highest BCUT2D eigenvalue weighted by Crippen LogP contribution is 2.49. The van der Waals surface area contributed by atoms with Crippen LogP contribution in [0.3, 0.4) is 0 Å². The van der Waals surface area contributed by atoms with E-state index in [1.54, 1.807) is 0 Å². The van der Waals surface area contributed by atoms with Crippen LogP contribution < -0.4 is 0 Å². The molecule has 0 N–H and O–H groups in total. The summed E-state index contributed by atoms with van der Waals surface area (Å²) in [5.41, 5.74) is 5.42. The topological polar surface area (TPSA) is 26.3 Å². The summed E-state index contributed by atoms with van der Waals surface area (Å²) < 4.78 is 6.18. The Balaban J connectivity index is 2.16. The van der Waals surface area contributed by atoms with Gasteiger partial charge in [0, 0.05) is 9.89 Å². The predicted octanol–water partition coefficient (Wildman–Crippen LogP) is 4.93. The minimum atomic E-state index is -0.256. The van der Waals surface area contributed by atoms with Crippen molar-refractivity contribution in [1.82, 2.24) is 0 Å². The van der Waals surface area contributed by atoms with Crippen molar-refractivity contribution in [3.63, 3.8) is 0 Å². The number of hydrogen-bond acceptors (Lipinski definition) is 2. The van der Waals surface area contributed by atoms with E-state index in [0.29, 0.717) is 12.2 Å². The van der Waals surface area contributed by atoms with Crippen LogP contribution in [0.5, 0.6) is 0 Å². The van der Waals surface area contributed by atoms with E-state index in [2.05, 4.69) is 48.0 Å². The number of esters is 1. The van der Waals surface area contributed by atoms with E-state index in [-0.39, 0.29) is 11.4 Å². The van der Waals surface area contributed by atoms with Crippen LogP contribution >= 0.6 is 15.9 Å². The fourth-order valence-electron chi connectivity index (χ4n) is 3.05. The Hall–Kier alpha value is -1.61. The molecule has 0 aliphatic heterocycles. The Morgan fingerprint density at radius 1 is 1.10 bits per heavy atom. The number of rotatable bonds is 2. The summed E-state index contributed by atoms with van der Waals surface area (Å²) in [5.74, 6) is -0.256. The lowest BCUT2D eigenvalue weighted by Crippen LogP contribution is -2.16. The molecule has 0 spiro atoms. The number of fused-ring (bicyclic) bond motifs is 3. The summed E-state index contributed by atoms with van der Waals surface area (Å²) in [7, 11) is 0. The molecule has 3 rings (SSSR count). The van der Waals surface area contributed by atoms with Crippen LogP contribution in [0.25, 0.3) is 11.1 Å². The van der Waals surface area contributed by atoms with Gasteiger partial charge in [0.15, 0.2) is 0 Å². The van der Waals surface area contributed by atoms with Gasteiger partial charge in [-0.3, -0.25) is 0 Å². The first-order valence-corrected chi connectivity index (χ1v) is 7.86. The van der Waals surface area contributed by atoms with Crippen LogP contribution in [0.4, 0.5) is 0 Å². The molecule has 0 fully saturated rings. The Morgan fingerprint density at radius 2 is 1.71 bits per heavy atom. The summed E-state index contributed by atoms with van der Waals surface area (Å²) in [4.78, 5) is 12.0. The van der Waals surface area contributed by atoms with Crippen LogP contribution in [-0.4, -0.2) is 12.6 Å². The van der Waals surface area contributed by atoms with Crippen molar-refractivity contribution in [3.8, 4) is 11.1 Å². The molecule has 0 atom stereocenters. The minimum absolute atomic E-state index is 0.114. The standard InChI is InChI=1S/C18H17BrO2/c1-4-21-17(20)11-5-7-13-14-8-6-12(19)10-16(14)18(2,3)15(13)9-11/h5-10H,4H2,1-3H3. The maximum absolute atomic E-state index is 12.0. The zero-order valence-electron chi connectivity index (χ0n) is 12.4. The molecule has 0 amide bonds. The van der Waals surface area contributed by atoms with Crippen molar-refractivity contribution in [2.45, 2.75) is 26.2 Å². The van der Waals surface area contributed by atoms with Gasteiger partial charge in [-0.05, 0) is 53.4 Å². The third-order valence-electron chi connectivity index (χ3n) is 4.15. The van der Waals surface area contributed by atoms with E-state index >= 15 is 0 Å². The molecule has 0 heterocycles. The molecule has 0 radical (unpaired) electrons. The lowest BCUT2D eigenvalue weighted by atomic mass is 9.82. The van der Waals surface area contributed by atoms with Crippen molar-refractivity contribution in [2.24, 2.45) is 0 Å². The average Bonchev–Trinajstić information content (AvgIpc) is 2.67. The van der Waals surface area contributed by atoms with Gasteiger partial charge in [-0.15, -0.1) is 0 Å². The second kappa shape index (κ2) is 4.99.